The fourth-order valence-corrected chi connectivity index (χ4v) is 3.89. The first-order valence-corrected chi connectivity index (χ1v) is 9.05. The summed E-state index contributed by atoms with van der Waals surface area (Å²) >= 11 is 0. The highest BCUT2D eigenvalue weighted by molar-refractivity contribution is 5.87. The molecule has 1 aromatic carbocycles. The van der Waals surface area contributed by atoms with Crippen LogP contribution in [0.5, 0.6) is 0 Å². The molecule has 2 unspecified atom stereocenters. The zero-order chi connectivity index (χ0) is 19.0. The van der Waals surface area contributed by atoms with E-state index in [1.165, 1.54) is 6.07 Å². The Morgan fingerprint density at radius 3 is 3.00 bits per heavy atom. The summed E-state index contributed by atoms with van der Waals surface area (Å²) in [5.41, 5.74) is 1.84. The minimum absolute atomic E-state index is 0.126. The highest BCUT2D eigenvalue weighted by Crippen LogP contribution is 2.31. The van der Waals surface area contributed by atoms with E-state index < -0.39 is 0 Å². The molecule has 0 bridgehead atoms. The fraction of sp³-hybridized carbons (Fsp3) is 0.368. The van der Waals surface area contributed by atoms with E-state index in [1.807, 2.05) is 18.3 Å². The zero-order valence-electron chi connectivity index (χ0n) is 15.4. The molecule has 8 heteroatoms. The van der Waals surface area contributed by atoms with Crippen molar-refractivity contribution in [2.75, 3.05) is 29.9 Å². The number of aromatic nitrogens is 3. The number of hydrogen-bond acceptors (Lipinski definition) is 6. The van der Waals surface area contributed by atoms with Gasteiger partial charge >= 0.3 is 0 Å². The Labute approximate surface area is 157 Å². The molecule has 0 aliphatic carbocycles. The summed E-state index contributed by atoms with van der Waals surface area (Å²) < 4.78 is 0. The predicted molar refractivity (Wildman–Crippen MR) is 105 cm³/mol. The van der Waals surface area contributed by atoms with E-state index in [0.717, 1.165) is 42.0 Å². The van der Waals surface area contributed by atoms with Crippen LogP contribution in [0.1, 0.15) is 13.3 Å². The SMILES string of the molecule is CC1CCN(c2cccc([N+](=O)[O-])c2)CC1N(C)c1ncnc2[nH]ccc12. The summed E-state index contributed by atoms with van der Waals surface area (Å²) in [4.78, 5) is 27.1. The smallest absolute Gasteiger partial charge is 0.271 e. The first-order valence-electron chi connectivity index (χ1n) is 9.05. The number of nitro benzene ring substituents is 1. The van der Waals surface area contributed by atoms with E-state index in [4.69, 9.17) is 0 Å². The molecule has 2 atom stereocenters. The number of likely N-dealkylation sites (N-methyl/N-ethyl adjacent to an activating group) is 1. The number of piperidine rings is 1. The molecule has 0 amide bonds. The molecule has 1 N–H and O–H groups in total. The summed E-state index contributed by atoms with van der Waals surface area (Å²) in [6.45, 7) is 3.92. The molecule has 2 aromatic heterocycles. The van der Waals surface area contributed by atoms with Gasteiger partial charge in [0.1, 0.15) is 17.8 Å². The summed E-state index contributed by atoms with van der Waals surface area (Å²) in [5.74, 6) is 1.38. The van der Waals surface area contributed by atoms with Crippen LogP contribution in [-0.4, -0.2) is 46.1 Å². The molecular weight excluding hydrogens is 344 g/mol. The molecule has 140 valence electrons. The molecule has 8 nitrogen and oxygen atoms in total. The van der Waals surface area contributed by atoms with Gasteiger partial charge in [0.2, 0.25) is 0 Å². The van der Waals surface area contributed by atoms with Crippen LogP contribution in [0.4, 0.5) is 17.2 Å². The molecule has 0 saturated carbocycles. The van der Waals surface area contributed by atoms with Crippen LogP contribution >= 0.6 is 0 Å². The number of nitro groups is 1. The van der Waals surface area contributed by atoms with Crippen molar-refractivity contribution in [2.24, 2.45) is 5.92 Å². The lowest BCUT2D eigenvalue weighted by Gasteiger charge is -2.43. The van der Waals surface area contributed by atoms with E-state index in [9.17, 15) is 10.1 Å². The molecular formula is C19H22N6O2. The average Bonchev–Trinajstić information content (AvgIpc) is 3.17. The van der Waals surface area contributed by atoms with E-state index in [-0.39, 0.29) is 16.7 Å². The van der Waals surface area contributed by atoms with Crippen molar-refractivity contribution in [3.05, 3.63) is 53.0 Å². The van der Waals surface area contributed by atoms with Gasteiger partial charge in [-0.1, -0.05) is 13.0 Å². The largest absolute Gasteiger partial charge is 0.369 e. The van der Waals surface area contributed by atoms with Crippen molar-refractivity contribution in [1.82, 2.24) is 15.0 Å². The zero-order valence-corrected chi connectivity index (χ0v) is 15.4. The maximum absolute atomic E-state index is 11.1. The molecule has 1 saturated heterocycles. The van der Waals surface area contributed by atoms with Gasteiger partial charge in [-0.25, -0.2) is 9.97 Å². The Morgan fingerprint density at radius 1 is 1.33 bits per heavy atom. The third kappa shape index (κ3) is 3.18. The summed E-state index contributed by atoms with van der Waals surface area (Å²) in [6.07, 6.45) is 4.46. The number of anilines is 2. The van der Waals surface area contributed by atoms with Crippen LogP contribution in [0.2, 0.25) is 0 Å². The van der Waals surface area contributed by atoms with Crippen molar-refractivity contribution in [2.45, 2.75) is 19.4 Å². The molecule has 4 rings (SSSR count). The topological polar surface area (TPSA) is 91.2 Å². The monoisotopic (exact) mass is 366 g/mol. The van der Waals surface area contributed by atoms with Gasteiger partial charge in [-0.2, -0.15) is 0 Å². The van der Waals surface area contributed by atoms with Gasteiger partial charge in [-0.05, 0) is 24.5 Å². The number of aromatic amines is 1. The van der Waals surface area contributed by atoms with Crippen molar-refractivity contribution in [3.63, 3.8) is 0 Å². The van der Waals surface area contributed by atoms with Gasteiger partial charge in [-0.3, -0.25) is 10.1 Å². The maximum atomic E-state index is 11.1. The number of nitrogens with one attached hydrogen (secondary N) is 1. The lowest BCUT2D eigenvalue weighted by Crippen LogP contribution is -2.51. The normalized spacial score (nSPS) is 20.0. The molecule has 0 radical (unpaired) electrons. The molecule has 1 aliphatic heterocycles. The van der Waals surface area contributed by atoms with Gasteiger partial charge < -0.3 is 14.8 Å². The first kappa shape index (κ1) is 17.3. The second kappa shape index (κ2) is 6.86. The molecule has 3 heterocycles. The standard InChI is InChI=1S/C19H22N6O2/c1-13-7-9-24(14-4-3-5-15(10-14)25(26)27)11-17(13)23(2)19-16-6-8-20-18(16)21-12-22-19/h3-6,8,10,12-13,17H,7,9,11H2,1-2H3,(H,20,21,22). The highest BCUT2D eigenvalue weighted by atomic mass is 16.6. The third-order valence-corrected chi connectivity index (χ3v) is 5.49. The van der Waals surface area contributed by atoms with Crippen LogP contribution in [-0.2, 0) is 0 Å². The lowest BCUT2D eigenvalue weighted by atomic mass is 9.92. The molecule has 27 heavy (non-hydrogen) atoms. The number of hydrogen-bond donors (Lipinski definition) is 1. The Kier molecular flexibility index (Phi) is 4.39. The van der Waals surface area contributed by atoms with Gasteiger partial charge in [0.05, 0.1) is 16.4 Å². The lowest BCUT2D eigenvalue weighted by molar-refractivity contribution is -0.384. The number of benzene rings is 1. The van der Waals surface area contributed by atoms with E-state index in [1.54, 1.807) is 18.5 Å². The minimum Gasteiger partial charge on any atom is -0.369 e. The van der Waals surface area contributed by atoms with Crippen molar-refractivity contribution < 1.29 is 4.92 Å². The van der Waals surface area contributed by atoms with Crippen LogP contribution in [0.25, 0.3) is 11.0 Å². The van der Waals surface area contributed by atoms with Gasteiger partial charge in [0.15, 0.2) is 0 Å². The van der Waals surface area contributed by atoms with E-state index in [2.05, 4.69) is 38.7 Å². The maximum Gasteiger partial charge on any atom is 0.271 e. The Bertz CT molecular complexity index is 971. The predicted octanol–water partition coefficient (Wildman–Crippen LogP) is 3.22. The average molecular weight is 366 g/mol. The third-order valence-electron chi connectivity index (χ3n) is 5.49. The molecule has 1 fully saturated rings. The number of fused-ring (bicyclic) bond motifs is 1. The van der Waals surface area contributed by atoms with Crippen molar-refractivity contribution in [1.29, 1.82) is 0 Å². The van der Waals surface area contributed by atoms with E-state index in [0.29, 0.717) is 5.92 Å². The van der Waals surface area contributed by atoms with Gasteiger partial charge in [-0.15, -0.1) is 0 Å². The Hall–Kier alpha value is -3.16. The number of rotatable bonds is 4. The van der Waals surface area contributed by atoms with E-state index >= 15 is 0 Å². The quantitative estimate of drug-likeness (QED) is 0.563. The molecule has 0 spiro atoms. The number of non-ortho nitro benzene ring substituents is 1. The second-order valence-electron chi connectivity index (χ2n) is 7.10. The van der Waals surface area contributed by atoms with Crippen LogP contribution in [0, 0.1) is 16.0 Å². The van der Waals surface area contributed by atoms with Crippen molar-refractivity contribution in [3.8, 4) is 0 Å². The Morgan fingerprint density at radius 2 is 2.19 bits per heavy atom. The van der Waals surface area contributed by atoms with Crippen LogP contribution in [0.15, 0.2) is 42.9 Å². The molecule has 3 aromatic rings. The van der Waals surface area contributed by atoms with Crippen molar-refractivity contribution >= 4 is 28.2 Å². The second-order valence-corrected chi connectivity index (χ2v) is 7.10. The Balaban J connectivity index is 1.62. The highest BCUT2D eigenvalue weighted by Gasteiger charge is 2.31. The van der Waals surface area contributed by atoms with Gasteiger partial charge in [0.25, 0.3) is 5.69 Å². The first-order chi connectivity index (χ1) is 13.0. The van der Waals surface area contributed by atoms with Crippen LogP contribution in [0.3, 0.4) is 0 Å². The van der Waals surface area contributed by atoms with Crippen LogP contribution < -0.4 is 9.80 Å². The number of nitrogens with zero attached hydrogens (tertiary/aromatic N) is 5. The van der Waals surface area contributed by atoms with Gasteiger partial charge in [0, 0.05) is 44.2 Å². The summed E-state index contributed by atoms with van der Waals surface area (Å²) in [6, 6.07) is 9.11. The molecule has 1 aliphatic rings. The summed E-state index contributed by atoms with van der Waals surface area (Å²) in [7, 11) is 2.06. The minimum atomic E-state index is -0.344. The number of H-pyrrole nitrogens is 1. The summed E-state index contributed by atoms with van der Waals surface area (Å²) in [5, 5.41) is 12.1. The fourth-order valence-electron chi connectivity index (χ4n) is 3.89.